The van der Waals surface area contributed by atoms with Gasteiger partial charge in [-0.15, -0.1) is 0 Å². The number of alkyl halides is 3. The van der Waals surface area contributed by atoms with Gasteiger partial charge in [0.25, 0.3) is 5.91 Å². The molecule has 0 aliphatic carbocycles. The van der Waals surface area contributed by atoms with Crippen LogP contribution in [0.5, 0.6) is 5.75 Å². The third-order valence-corrected chi connectivity index (χ3v) is 4.66. The Morgan fingerprint density at radius 2 is 1.88 bits per heavy atom. The van der Waals surface area contributed by atoms with Crippen LogP contribution in [0.2, 0.25) is 0 Å². The number of carbonyl (C=O) groups excluding carboxylic acids is 1. The number of hydrogen-bond acceptors (Lipinski definition) is 5. The summed E-state index contributed by atoms with van der Waals surface area (Å²) in [5.41, 5.74) is 0.0739. The molecule has 10 heteroatoms. The van der Waals surface area contributed by atoms with Crippen LogP contribution in [0.4, 0.5) is 19.0 Å². The van der Waals surface area contributed by atoms with Crippen LogP contribution in [0, 0.1) is 0 Å². The molecule has 0 saturated carbocycles. The summed E-state index contributed by atoms with van der Waals surface area (Å²) in [7, 11) is 0. The zero-order valence-electron chi connectivity index (χ0n) is 18.2. The number of nitrogens with one attached hydrogen (secondary N) is 1. The molecule has 4 aromatic rings. The maximum Gasteiger partial charge on any atom is 0.433 e. The number of nitrogens with zero attached hydrogens (tertiary/aromatic N) is 4. The highest BCUT2D eigenvalue weighted by Crippen LogP contribution is 2.34. The van der Waals surface area contributed by atoms with E-state index in [1.54, 1.807) is 36.4 Å². The van der Waals surface area contributed by atoms with E-state index in [1.807, 2.05) is 13.8 Å². The maximum atomic E-state index is 13.6. The molecule has 3 heterocycles. The summed E-state index contributed by atoms with van der Waals surface area (Å²) in [6.45, 7) is 3.75. The lowest BCUT2D eigenvalue weighted by molar-refractivity contribution is -0.142. The first-order chi connectivity index (χ1) is 16.2. The molecule has 0 fully saturated rings. The summed E-state index contributed by atoms with van der Waals surface area (Å²) < 4.78 is 47.3. The van der Waals surface area contributed by atoms with E-state index in [-0.39, 0.29) is 23.3 Å². The minimum absolute atomic E-state index is 0.0462. The molecule has 4 rings (SSSR count). The van der Waals surface area contributed by atoms with Crippen LogP contribution in [0.3, 0.4) is 0 Å². The van der Waals surface area contributed by atoms with Crippen molar-refractivity contribution in [3.05, 3.63) is 84.4 Å². The monoisotopic (exact) mass is 467 g/mol. The molecule has 0 saturated heterocycles. The number of anilines is 1. The van der Waals surface area contributed by atoms with Gasteiger partial charge < -0.3 is 10.1 Å². The summed E-state index contributed by atoms with van der Waals surface area (Å²) in [6, 6.07) is 13.7. The largest absolute Gasteiger partial charge is 0.491 e. The smallest absolute Gasteiger partial charge is 0.433 e. The molecule has 1 amide bonds. The van der Waals surface area contributed by atoms with Crippen LogP contribution in [0.1, 0.15) is 29.9 Å². The molecule has 34 heavy (non-hydrogen) atoms. The molecule has 174 valence electrons. The lowest BCUT2D eigenvalue weighted by atomic mass is 10.2. The number of amides is 1. The Balaban J connectivity index is 1.57. The Bertz CT molecular complexity index is 1290. The Morgan fingerprint density at radius 3 is 2.53 bits per heavy atom. The van der Waals surface area contributed by atoms with Gasteiger partial charge in [-0.25, -0.2) is 9.67 Å². The number of carbonyl (C=O) groups is 1. The van der Waals surface area contributed by atoms with Gasteiger partial charge >= 0.3 is 6.18 Å². The standard InChI is InChI=1S/C24H20F3N5O2/c1-15(2)34-19-7-3-5-16(11-19)23(33)30-22-9-8-18(14-29-22)32-21(24(25,26)27)12-20(31-32)17-6-4-10-28-13-17/h3-15H,1-2H3,(H,29,30,33). The fraction of sp³-hybridized carbons (Fsp3) is 0.167. The van der Waals surface area contributed by atoms with Crippen molar-refractivity contribution in [2.75, 3.05) is 5.32 Å². The molecule has 7 nitrogen and oxygen atoms in total. The van der Waals surface area contributed by atoms with Crippen molar-refractivity contribution in [2.24, 2.45) is 0 Å². The molecule has 0 aliphatic rings. The van der Waals surface area contributed by atoms with Crippen molar-refractivity contribution in [1.82, 2.24) is 19.7 Å². The topological polar surface area (TPSA) is 81.9 Å². The molecular weight excluding hydrogens is 447 g/mol. The lowest BCUT2D eigenvalue weighted by Gasteiger charge is -2.12. The van der Waals surface area contributed by atoms with Gasteiger partial charge in [-0.1, -0.05) is 6.07 Å². The summed E-state index contributed by atoms with van der Waals surface area (Å²) in [4.78, 5) is 20.6. The van der Waals surface area contributed by atoms with Crippen LogP contribution >= 0.6 is 0 Å². The molecule has 0 bridgehead atoms. The van der Waals surface area contributed by atoms with Gasteiger partial charge in [0.1, 0.15) is 17.3 Å². The first kappa shape index (κ1) is 23.0. The molecule has 1 N–H and O–H groups in total. The van der Waals surface area contributed by atoms with Crippen LogP contribution in [-0.2, 0) is 6.18 Å². The van der Waals surface area contributed by atoms with Gasteiger partial charge in [0, 0.05) is 23.5 Å². The summed E-state index contributed by atoms with van der Waals surface area (Å²) >= 11 is 0. The van der Waals surface area contributed by atoms with Crippen LogP contribution in [0.25, 0.3) is 16.9 Å². The van der Waals surface area contributed by atoms with Crippen molar-refractivity contribution in [1.29, 1.82) is 0 Å². The van der Waals surface area contributed by atoms with Crippen molar-refractivity contribution >= 4 is 11.7 Å². The maximum absolute atomic E-state index is 13.6. The van der Waals surface area contributed by atoms with Crippen LogP contribution in [-0.4, -0.2) is 31.8 Å². The van der Waals surface area contributed by atoms with Crippen molar-refractivity contribution in [2.45, 2.75) is 26.1 Å². The normalized spacial score (nSPS) is 11.5. The predicted octanol–water partition coefficient (Wildman–Crippen LogP) is 5.39. The van der Waals surface area contributed by atoms with E-state index in [1.165, 1.54) is 30.7 Å². The second-order valence-electron chi connectivity index (χ2n) is 7.62. The molecule has 0 atom stereocenters. The van der Waals surface area contributed by atoms with Gasteiger partial charge in [0.05, 0.1) is 23.7 Å². The quantitative estimate of drug-likeness (QED) is 0.411. The SMILES string of the molecule is CC(C)Oc1cccc(C(=O)Nc2ccc(-n3nc(-c4cccnc4)cc3C(F)(F)F)cn2)c1. The Labute approximate surface area is 193 Å². The van der Waals surface area contributed by atoms with Gasteiger partial charge in [-0.2, -0.15) is 18.3 Å². The zero-order chi connectivity index (χ0) is 24.3. The molecule has 0 spiro atoms. The molecule has 0 unspecified atom stereocenters. The van der Waals surface area contributed by atoms with Crippen molar-refractivity contribution < 1.29 is 22.7 Å². The predicted molar refractivity (Wildman–Crippen MR) is 120 cm³/mol. The summed E-state index contributed by atoms with van der Waals surface area (Å²) in [6.07, 6.45) is -0.511. The number of rotatable bonds is 6. The average molecular weight is 467 g/mol. The van der Waals surface area contributed by atoms with Crippen LogP contribution < -0.4 is 10.1 Å². The number of halogens is 3. The summed E-state index contributed by atoms with van der Waals surface area (Å²) in [5, 5.41) is 6.73. The second-order valence-corrected chi connectivity index (χ2v) is 7.62. The van der Waals surface area contributed by atoms with E-state index in [9.17, 15) is 18.0 Å². The Morgan fingerprint density at radius 1 is 1.06 bits per heavy atom. The molecule has 1 aromatic carbocycles. The van der Waals surface area contributed by atoms with Gasteiger partial charge in [-0.3, -0.25) is 9.78 Å². The molecule has 3 aromatic heterocycles. The average Bonchev–Trinajstić information content (AvgIpc) is 3.26. The number of ether oxygens (including phenoxy) is 1. The minimum Gasteiger partial charge on any atom is -0.491 e. The highest BCUT2D eigenvalue weighted by molar-refractivity contribution is 6.04. The first-order valence-electron chi connectivity index (χ1n) is 10.3. The van der Waals surface area contributed by atoms with E-state index >= 15 is 0 Å². The van der Waals surface area contributed by atoms with E-state index in [4.69, 9.17) is 4.74 Å². The Kier molecular flexibility index (Phi) is 6.31. The minimum atomic E-state index is -4.64. The van der Waals surface area contributed by atoms with Crippen LogP contribution in [0.15, 0.2) is 73.2 Å². The van der Waals surface area contributed by atoms with Gasteiger partial charge in [-0.05, 0) is 62.4 Å². The third kappa shape index (κ3) is 5.22. The highest BCUT2D eigenvalue weighted by Gasteiger charge is 2.36. The van der Waals surface area contributed by atoms with E-state index < -0.39 is 17.8 Å². The number of pyridine rings is 2. The van der Waals surface area contributed by atoms with Crippen molar-refractivity contribution in [3.8, 4) is 22.7 Å². The van der Waals surface area contributed by atoms with E-state index in [0.717, 1.165) is 10.7 Å². The van der Waals surface area contributed by atoms with Crippen molar-refractivity contribution in [3.63, 3.8) is 0 Å². The fourth-order valence-corrected chi connectivity index (χ4v) is 3.19. The first-order valence-corrected chi connectivity index (χ1v) is 10.3. The third-order valence-electron chi connectivity index (χ3n) is 4.66. The summed E-state index contributed by atoms with van der Waals surface area (Å²) in [5.74, 6) is 0.300. The van der Waals surface area contributed by atoms with E-state index in [0.29, 0.717) is 16.9 Å². The fourth-order valence-electron chi connectivity index (χ4n) is 3.19. The number of hydrogen-bond donors (Lipinski definition) is 1. The number of benzene rings is 1. The molecular formula is C24H20F3N5O2. The number of aromatic nitrogens is 4. The lowest BCUT2D eigenvalue weighted by Crippen LogP contribution is -2.15. The molecule has 0 aliphatic heterocycles. The van der Waals surface area contributed by atoms with E-state index in [2.05, 4.69) is 20.4 Å². The van der Waals surface area contributed by atoms with Gasteiger partial charge in [0.15, 0.2) is 0 Å². The molecule has 0 radical (unpaired) electrons. The Hall–Kier alpha value is -4.21. The zero-order valence-corrected chi connectivity index (χ0v) is 18.2. The van der Waals surface area contributed by atoms with Gasteiger partial charge in [0.2, 0.25) is 0 Å². The highest BCUT2D eigenvalue weighted by atomic mass is 19.4. The second kappa shape index (κ2) is 9.34.